The number of aliphatic hydroxyl groups excluding tert-OH is 1. The highest BCUT2D eigenvalue weighted by molar-refractivity contribution is 5.85. The lowest BCUT2D eigenvalue weighted by molar-refractivity contribution is -0.152. The first kappa shape index (κ1) is 13.3. The molecule has 1 aliphatic heterocycles. The van der Waals surface area contributed by atoms with E-state index in [0.717, 1.165) is 4.90 Å². The van der Waals surface area contributed by atoms with Gasteiger partial charge in [0.05, 0.1) is 6.10 Å². The summed E-state index contributed by atoms with van der Waals surface area (Å²) in [4.78, 5) is 26.3. The fourth-order valence-electron chi connectivity index (χ4n) is 1.95. The van der Waals surface area contributed by atoms with Crippen LogP contribution in [0.3, 0.4) is 0 Å². The number of hydrogen-bond acceptors (Lipinski definition) is 4. The Balaban J connectivity index is 2.74. The highest BCUT2D eigenvalue weighted by atomic mass is 16.4. The molecule has 17 heavy (non-hydrogen) atoms. The van der Waals surface area contributed by atoms with Crippen LogP contribution in [0.4, 0.5) is 0 Å². The van der Waals surface area contributed by atoms with Gasteiger partial charge in [-0.25, -0.2) is 4.79 Å². The van der Waals surface area contributed by atoms with E-state index in [-0.39, 0.29) is 31.3 Å². The van der Waals surface area contributed by atoms with Crippen molar-refractivity contribution in [2.24, 2.45) is 11.0 Å². The fourth-order valence-corrected chi connectivity index (χ4v) is 1.95. The van der Waals surface area contributed by atoms with Gasteiger partial charge in [0.15, 0.2) is 6.04 Å². The average molecular weight is 242 g/mol. The fraction of sp³-hybridized carbons (Fsp3) is 0.778. The van der Waals surface area contributed by atoms with Gasteiger partial charge >= 0.3 is 5.97 Å². The van der Waals surface area contributed by atoms with E-state index in [9.17, 15) is 14.7 Å². The van der Waals surface area contributed by atoms with E-state index in [1.165, 1.54) is 6.92 Å². The summed E-state index contributed by atoms with van der Waals surface area (Å²) in [7, 11) is 0. The maximum absolute atomic E-state index is 11.6. The SMILES string of the molecule is C[C@H](O)[C@@H](C(=O)O)N1CC(CN=[N+]=[N-])CC1=O. The van der Waals surface area contributed by atoms with Crippen molar-refractivity contribution in [1.29, 1.82) is 0 Å². The summed E-state index contributed by atoms with van der Waals surface area (Å²) in [5.41, 5.74) is 8.17. The number of carboxylic acid groups (broad SMARTS) is 1. The third-order valence-corrected chi connectivity index (χ3v) is 2.69. The van der Waals surface area contributed by atoms with Gasteiger partial charge in [0.2, 0.25) is 5.91 Å². The Kier molecular flexibility index (Phi) is 4.30. The van der Waals surface area contributed by atoms with Gasteiger partial charge in [-0.15, -0.1) is 0 Å². The molecule has 0 bridgehead atoms. The van der Waals surface area contributed by atoms with Gasteiger partial charge in [-0.1, -0.05) is 5.11 Å². The molecular weight excluding hydrogens is 228 g/mol. The molecule has 8 heteroatoms. The minimum atomic E-state index is -1.24. The summed E-state index contributed by atoms with van der Waals surface area (Å²) in [5, 5.41) is 21.7. The van der Waals surface area contributed by atoms with Crippen LogP contribution in [-0.2, 0) is 9.59 Å². The van der Waals surface area contributed by atoms with Gasteiger partial charge in [0.1, 0.15) is 0 Å². The zero-order valence-corrected chi connectivity index (χ0v) is 9.35. The molecule has 0 spiro atoms. The molecule has 1 rings (SSSR count). The second-order valence-corrected chi connectivity index (χ2v) is 4.05. The van der Waals surface area contributed by atoms with Crippen LogP contribution in [0.25, 0.3) is 10.4 Å². The third kappa shape index (κ3) is 3.08. The largest absolute Gasteiger partial charge is 0.480 e. The number of rotatable bonds is 5. The van der Waals surface area contributed by atoms with E-state index in [0.29, 0.717) is 0 Å². The molecule has 0 saturated carbocycles. The summed E-state index contributed by atoms with van der Waals surface area (Å²) in [6, 6.07) is -1.24. The number of aliphatic carboxylic acids is 1. The van der Waals surface area contributed by atoms with E-state index in [2.05, 4.69) is 10.0 Å². The minimum absolute atomic E-state index is 0.148. The molecule has 1 saturated heterocycles. The quantitative estimate of drug-likeness (QED) is 0.399. The number of nitrogens with zero attached hydrogens (tertiary/aromatic N) is 4. The van der Waals surface area contributed by atoms with E-state index < -0.39 is 18.1 Å². The molecule has 0 aromatic rings. The normalized spacial score (nSPS) is 23.1. The molecule has 1 heterocycles. The maximum atomic E-state index is 11.6. The van der Waals surface area contributed by atoms with E-state index in [1.54, 1.807) is 0 Å². The molecule has 1 aliphatic rings. The van der Waals surface area contributed by atoms with Gasteiger partial charge in [0.25, 0.3) is 0 Å². The second-order valence-electron chi connectivity index (χ2n) is 4.05. The molecule has 0 aromatic carbocycles. The Bertz CT molecular complexity index is 364. The highest BCUT2D eigenvalue weighted by Gasteiger charge is 2.39. The number of carboxylic acids is 1. The molecule has 3 atom stereocenters. The van der Waals surface area contributed by atoms with Gasteiger partial charge in [-0.05, 0) is 18.4 Å². The van der Waals surface area contributed by atoms with Crippen molar-refractivity contribution >= 4 is 11.9 Å². The predicted molar refractivity (Wildman–Crippen MR) is 56.9 cm³/mol. The number of carbonyl (C=O) groups is 2. The number of carbonyl (C=O) groups excluding carboxylic acids is 1. The molecule has 8 nitrogen and oxygen atoms in total. The van der Waals surface area contributed by atoms with Gasteiger partial charge in [-0.2, -0.15) is 0 Å². The zero-order chi connectivity index (χ0) is 13.0. The average Bonchev–Trinajstić information content (AvgIpc) is 2.56. The van der Waals surface area contributed by atoms with Crippen molar-refractivity contribution < 1.29 is 19.8 Å². The Morgan fingerprint density at radius 1 is 1.76 bits per heavy atom. The van der Waals surface area contributed by atoms with Crippen molar-refractivity contribution in [3.63, 3.8) is 0 Å². The number of aliphatic hydroxyl groups is 1. The number of likely N-dealkylation sites (tertiary alicyclic amines) is 1. The van der Waals surface area contributed by atoms with E-state index >= 15 is 0 Å². The summed E-state index contributed by atoms with van der Waals surface area (Å²) in [6.45, 7) is 1.68. The summed E-state index contributed by atoms with van der Waals surface area (Å²) >= 11 is 0. The van der Waals surface area contributed by atoms with Crippen molar-refractivity contribution in [2.75, 3.05) is 13.1 Å². The van der Waals surface area contributed by atoms with Crippen molar-refractivity contribution in [1.82, 2.24) is 4.90 Å². The van der Waals surface area contributed by atoms with Crippen LogP contribution >= 0.6 is 0 Å². The first-order valence-electron chi connectivity index (χ1n) is 5.18. The molecule has 0 aromatic heterocycles. The molecule has 94 valence electrons. The zero-order valence-electron chi connectivity index (χ0n) is 9.35. The number of amides is 1. The van der Waals surface area contributed by atoms with Crippen LogP contribution < -0.4 is 0 Å². The van der Waals surface area contributed by atoms with Crippen LogP contribution in [-0.4, -0.2) is 52.2 Å². The predicted octanol–water partition coefficient (Wildman–Crippen LogP) is -0.0208. The lowest BCUT2D eigenvalue weighted by atomic mass is 10.1. The Morgan fingerprint density at radius 3 is 2.88 bits per heavy atom. The molecule has 1 fully saturated rings. The van der Waals surface area contributed by atoms with Crippen LogP contribution in [0.2, 0.25) is 0 Å². The van der Waals surface area contributed by atoms with Gasteiger partial charge in [0, 0.05) is 24.4 Å². The Hall–Kier alpha value is -1.79. The van der Waals surface area contributed by atoms with E-state index in [1.807, 2.05) is 0 Å². The number of azide groups is 1. The van der Waals surface area contributed by atoms with Crippen LogP contribution in [0, 0.1) is 5.92 Å². The van der Waals surface area contributed by atoms with E-state index in [4.69, 9.17) is 10.6 Å². The first-order chi connectivity index (χ1) is 7.97. The van der Waals surface area contributed by atoms with Crippen LogP contribution in [0.5, 0.6) is 0 Å². The lowest BCUT2D eigenvalue weighted by Gasteiger charge is -2.26. The Morgan fingerprint density at radius 2 is 2.41 bits per heavy atom. The maximum Gasteiger partial charge on any atom is 0.329 e. The molecule has 0 radical (unpaired) electrons. The first-order valence-corrected chi connectivity index (χ1v) is 5.18. The van der Waals surface area contributed by atoms with Crippen molar-refractivity contribution in [3.8, 4) is 0 Å². The smallest absolute Gasteiger partial charge is 0.329 e. The van der Waals surface area contributed by atoms with Crippen molar-refractivity contribution in [3.05, 3.63) is 10.4 Å². The monoisotopic (exact) mass is 242 g/mol. The molecule has 1 amide bonds. The van der Waals surface area contributed by atoms with Crippen LogP contribution in [0.15, 0.2) is 5.11 Å². The summed E-state index contributed by atoms with van der Waals surface area (Å²) in [5.74, 6) is -1.76. The Labute approximate surface area is 97.5 Å². The second kappa shape index (κ2) is 5.51. The minimum Gasteiger partial charge on any atom is -0.480 e. The summed E-state index contributed by atoms with van der Waals surface area (Å²) in [6.07, 6.45) is -0.995. The highest BCUT2D eigenvalue weighted by Crippen LogP contribution is 2.22. The number of hydrogen-bond donors (Lipinski definition) is 2. The summed E-state index contributed by atoms with van der Waals surface area (Å²) < 4.78 is 0. The molecule has 0 aliphatic carbocycles. The van der Waals surface area contributed by atoms with Gasteiger partial charge in [-0.3, -0.25) is 4.79 Å². The molecular formula is C9H14N4O4. The van der Waals surface area contributed by atoms with Crippen molar-refractivity contribution in [2.45, 2.75) is 25.5 Å². The molecule has 1 unspecified atom stereocenters. The standard InChI is InChI=1S/C9H14N4O4/c1-5(14)8(9(16)17)13-4-6(2-7(13)15)3-11-12-10/h5-6,8,14H,2-4H2,1H3,(H,16,17)/t5-,6?,8-/m0/s1. The topological polar surface area (TPSA) is 127 Å². The van der Waals surface area contributed by atoms with Crippen LogP contribution in [0.1, 0.15) is 13.3 Å². The molecule has 2 N–H and O–H groups in total. The third-order valence-electron chi connectivity index (χ3n) is 2.69. The van der Waals surface area contributed by atoms with Gasteiger partial charge < -0.3 is 15.1 Å². The lowest BCUT2D eigenvalue weighted by Crippen LogP contribution is -2.48.